The van der Waals surface area contributed by atoms with E-state index in [0.717, 1.165) is 25.9 Å². The number of thiophene rings is 1. The van der Waals surface area contributed by atoms with Gasteiger partial charge in [-0.2, -0.15) is 0 Å². The van der Waals surface area contributed by atoms with Crippen LogP contribution in [0.2, 0.25) is 0 Å². The van der Waals surface area contributed by atoms with Gasteiger partial charge in [0, 0.05) is 24.0 Å². The van der Waals surface area contributed by atoms with Crippen molar-refractivity contribution >= 4 is 22.0 Å². The second-order valence-corrected chi connectivity index (χ2v) is 6.00. The molecule has 2 rings (SSSR count). The van der Waals surface area contributed by atoms with Gasteiger partial charge in [0.1, 0.15) is 0 Å². The molecule has 1 saturated heterocycles. The van der Waals surface area contributed by atoms with E-state index in [-0.39, 0.29) is 10.6 Å². The Balaban J connectivity index is 2.28. The van der Waals surface area contributed by atoms with Gasteiger partial charge >= 0.3 is 5.69 Å². The van der Waals surface area contributed by atoms with Gasteiger partial charge in [-0.25, -0.2) is 0 Å². The fourth-order valence-electron chi connectivity index (χ4n) is 2.16. The van der Waals surface area contributed by atoms with Crippen LogP contribution in [0, 0.1) is 16.0 Å². The number of nitro groups is 1. The van der Waals surface area contributed by atoms with E-state index in [1.165, 1.54) is 17.4 Å². The van der Waals surface area contributed by atoms with E-state index < -0.39 is 6.10 Å². The molecule has 18 heavy (non-hydrogen) atoms. The molecule has 1 aliphatic rings. The monoisotopic (exact) mass is 270 g/mol. The molecule has 1 aromatic rings. The van der Waals surface area contributed by atoms with Gasteiger partial charge in [-0.3, -0.25) is 10.1 Å². The molecule has 0 aromatic carbocycles. The minimum Gasteiger partial charge on any atom is -0.388 e. The zero-order chi connectivity index (χ0) is 13.3. The van der Waals surface area contributed by atoms with E-state index in [4.69, 9.17) is 0 Å². The number of anilines is 1. The molecule has 2 heterocycles. The smallest absolute Gasteiger partial charge is 0.304 e. The lowest BCUT2D eigenvalue weighted by Gasteiger charge is -2.30. The Labute approximate surface area is 110 Å². The highest BCUT2D eigenvalue weighted by atomic mass is 32.1. The van der Waals surface area contributed by atoms with Gasteiger partial charge in [0.2, 0.25) is 0 Å². The number of rotatable bonds is 3. The predicted molar refractivity (Wildman–Crippen MR) is 72.2 cm³/mol. The van der Waals surface area contributed by atoms with Gasteiger partial charge in [0.25, 0.3) is 0 Å². The van der Waals surface area contributed by atoms with Crippen LogP contribution in [0.1, 0.15) is 37.7 Å². The van der Waals surface area contributed by atoms with E-state index in [9.17, 15) is 15.2 Å². The zero-order valence-electron chi connectivity index (χ0n) is 10.6. The minimum absolute atomic E-state index is 0.130. The lowest BCUT2D eigenvalue weighted by Crippen LogP contribution is -2.32. The van der Waals surface area contributed by atoms with E-state index in [1.807, 2.05) is 0 Å². The molecular weight excluding hydrogens is 252 g/mol. The first-order valence-corrected chi connectivity index (χ1v) is 7.01. The van der Waals surface area contributed by atoms with Crippen molar-refractivity contribution in [1.29, 1.82) is 0 Å². The summed E-state index contributed by atoms with van der Waals surface area (Å²) in [7, 11) is 0. The highest BCUT2D eigenvalue weighted by Gasteiger charge is 2.27. The molecule has 0 unspecified atom stereocenters. The van der Waals surface area contributed by atoms with E-state index >= 15 is 0 Å². The van der Waals surface area contributed by atoms with Gasteiger partial charge in [-0.05, 0) is 25.7 Å². The molecule has 0 radical (unpaired) electrons. The molecule has 1 atom stereocenters. The Bertz CT molecular complexity index is 437. The average molecular weight is 270 g/mol. The molecule has 1 fully saturated rings. The van der Waals surface area contributed by atoms with Crippen molar-refractivity contribution in [1.82, 2.24) is 0 Å². The van der Waals surface area contributed by atoms with Crippen molar-refractivity contribution in [2.75, 3.05) is 18.0 Å². The van der Waals surface area contributed by atoms with Crippen LogP contribution in [-0.4, -0.2) is 23.1 Å². The highest BCUT2D eigenvalue weighted by Crippen LogP contribution is 2.41. The molecule has 5 nitrogen and oxygen atoms in total. The molecule has 6 heteroatoms. The number of hydrogen-bond donors (Lipinski definition) is 1. The number of nitrogens with zero attached hydrogens (tertiary/aromatic N) is 2. The summed E-state index contributed by atoms with van der Waals surface area (Å²) in [5.41, 5.74) is 0.130. The Morgan fingerprint density at radius 3 is 2.67 bits per heavy atom. The first kappa shape index (κ1) is 13.3. The first-order chi connectivity index (χ1) is 8.49. The fraction of sp³-hybridized carbons (Fsp3) is 0.667. The van der Waals surface area contributed by atoms with Crippen molar-refractivity contribution < 1.29 is 10.0 Å². The maximum atomic E-state index is 11.1. The van der Waals surface area contributed by atoms with Crippen molar-refractivity contribution in [3.8, 4) is 0 Å². The Hall–Kier alpha value is -1.14. The first-order valence-electron chi connectivity index (χ1n) is 6.20. The molecule has 1 aromatic heterocycles. The summed E-state index contributed by atoms with van der Waals surface area (Å²) in [4.78, 5) is 13.5. The molecule has 1 aliphatic heterocycles. The molecule has 0 saturated carbocycles. The summed E-state index contributed by atoms with van der Waals surface area (Å²) in [6, 6.07) is 1.50. The van der Waals surface area contributed by atoms with E-state index in [1.54, 1.807) is 6.92 Å². The number of aliphatic hydroxyl groups excluding tert-OH is 1. The van der Waals surface area contributed by atoms with Crippen LogP contribution in [0.3, 0.4) is 0 Å². The molecule has 100 valence electrons. The highest BCUT2D eigenvalue weighted by molar-refractivity contribution is 7.16. The van der Waals surface area contributed by atoms with Gasteiger partial charge < -0.3 is 10.0 Å². The normalized spacial score (nSPS) is 18.9. The topological polar surface area (TPSA) is 66.6 Å². The van der Waals surface area contributed by atoms with Gasteiger partial charge in [0.05, 0.1) is 11.0 Å². The second-order valence-electron chi connectivity index (χ2n) is 4.94. The third-order valence-electron chi connectivity index (χ3n) is 3.39. The Morgan fingerprint density at radius 2 is 2.17 bits per heavy atom. The van der Waals surface area contributed by atoms with E-state index in [2.05, 4.69) is 11.8 Å². The summed E-state index contributed by atoms with van der Waals surface area (Å²) in [5, 5.41) is 21.3. The van der Waals surface area contributed by atoms with Crippen molar-refractivity contribution in [2.24, 2.45) is 5.92 Å². The predicted octanol–water partition coefficient (Wildman–Crippen LogP) is 2.95. The summed E-state index contributed by atoms with van der Waals surface area (Å²) < 4.78 is 0. The van der Waals surface area contributed by atoms with Crippen LogP contribution in [0.5, 0.6) is 0 Å². The van der Waals surface area contributed by atoms with Crippen molar-refractivity contribution in [3.63, 3.8) is 0 Å². The largest absolute Gasteiger partial charge is 0.388 e. The lowest BCUT2D eigenvalue weighted by atomic mass is 9.99. The van der Waals surface area contributed by atoms with Crippen LogP contribution >= 0.6 is 11.3 Å². The lowest BCUT2D eigenvalue weighted by molar-refractivity contribution is -0.383. The van der Waals surface area contributed by atoms with Gasteiger partial charge in [-0.1, -0.05) is 6.92 Å². The number of piperidine rings is 1. The summed E-state index contributed by atoms with van der Waals surface area (Å²) in [5.74, 6) is 0.691. The van der Waals surface area contributed by atoms with Crippen LogP contribution in [0.4, 0.5) is 10.7 Å². The molecule has 0 spiro atoms. The third kappa shape index (κ3) is 2.64. The molecule has 0 aliphatic carbocycles. The summed E-state index contributed by atoms with van der Waals surface area (Å²) in [6.07, 6.45) is 1.49. The maximum absolute atomic E-state index is 11.1. The maximum Gasteiger partial charge on any atom is 0.304 e. The fourth-order valence-corrected chi connectivity index (χ4v) is 3.28. The minimum atomic E-state index is -0.647. The van der Waals surface area contributed by atoms with Crippen molar-refractivity contribution in [3.05, 3.63) is 21.1 Å². The Morgan fingerprint density at radius 1 is 1.56 bits per heavy atom. The average Bonchev–Trinajstić information content (AvgIpc) is 2.75. The number of hydrogen-bond acceptors (Lipinski definition) is 5. The molecule has 1 N–H and O–H groups in total. The van der Waals surface area contributed by atoms with Crippen LogP contribution in [-0.2, 0) is 0 Å². The van der Waals surface area contributed by atoms with Crippen LogP contribution < -0.4 is 4.90 Å². The standard InChI is InChI=1S/C12H18N2O3S/c1-8-3-5-13(6-4-8)12-10(14(16)17)7-11(18-12)9(2)15/h7-9,15H,3-6H2,1-2H3/t9-/m0/s1. The molecule has 0 amide bonds. The third-order valence-corrected chi connectivity index (χ3v) is 4.75. The van der Waals surface area contributed by atoms with Crippen LogP contribution in [0.15, 0.2) is 6.07 Å². The second kappa shape index (κ2) is 5.24. The van der Waals surface area contributed by atoms with Crippen molar-refractivity contribution in [2.45, 2.75) is 32.8 Å². The molecule has 0 bridgehead atoms. The SMILES string of the molecule is CC1CCN(c2sc([C@H](C)O)cc2[N+](=O)[O-])CC1. The van der Waals surface area contributed by atoms with Gasteiger partial charge in [0.15, 0.2) is 5.00 Å². The molecular formula is C12H18N2O3S. The summed E-state index contributed by atoms with van der Waals surface area (Å²) >= 11 is 1.34. The number of aliphatic hydroxyl groups is 1. The van der Waals surface area contributed by atoms with Gasteiger partial charge in [-0.15, -0.1) is 11.3 Å². The zero-order valence-corrected chi connectivity index (χ0v) is 11.4. The summed E-state index contributed by atoms with van der Waals surface area (Å²) in [6.45, 7) is 5.57. The van der Waals surface area contributed by atoms with Crippen LogP contribution in [0.25, 0.3) is 0 Å². The quantitative estimate of drug-likeness (QED) is 0.677. The van der Waals surface area contributed by atoms with E-state index in [0.29, 0.717) is 15.8 Å². The Kier molecular flexibility index (Phi) is 3.87.